The average molecular weight is 289 g/mol. The second kappa shape index (κ2) is 4.76. The lowest BCUT2D eigenvalue weighted by Gasteiger charge is -2.21. The van der Waals surface area contributed by atoms with Gasteiger partial charge in [0.05, 0.1) is 13.7 Å². The number of imide groups is 1. The first-order valence-electron chi connectivity index (χ1n) is 6.61. The molecule has 0 aliphatic carbocycles. The second-order valence-electron chi connectivity index (χ2n) is 5.20. The van der Waals surface area contributed by atoms with Crippen molar-refractivity contribution in [3.05, 3.63) is 29.8 Å². The van der Waals surface area contributed by atoms with E-state index in [2.05, 4.69) is 10.6 Å². The van der Waals surface area contributed by atoms with E-state index in [1.165, 1.54) is 0 Å². The maximum atomic E-state index is 12.4. The van der Waals surface area contributed by atoms with E-state index in [1.807, 2.05) is 0 Å². The minimum atomic E-state index is -0.973. The van der Waals surface area contributed by atoms with Crippen LogP contribution in [0, 0.1) is 0 Å². The van der Waals surface area contributed by atoms with Gasteiger partial charge in [-0.25, -0.2) is 4.79 Å². The Balaban J connectivity index is 1.75. The highest BCUT2D eigenvalue weighted by Crippen LogP contribution is 2.26. The topological polar surface area (TPSA) is 87.7 Å². The molecule has 21 heavy (non-hydrogen) atoms. The summed E-state index contributed by atoms with van der Waals surface area (Å²) >= 11 is 0. The number of carbonyl (C=O) groups is 3. The molecule has 2 aliphatic heterocycles. The van der Waals surface area contributed by atoms with Crippen molar-refractivity contribution in [3.63, 3.8) is 0 Å². The van der Waals surface area contributed by atoms with Crippen molar-refractivity contribution in [2.75, 3.05) is 20.2 Å². The third-order valence-electron chi connectivity index (χ3n) is 3.91. The van der Waals surface area contributed by atoms with Gasteiger partial charge >= 0.3 is 6.03 Å². The number of hydrogen-bond donors (Lipinski definition) is 2. The van der Waals surface area contributed by atoms with E-state index in [0.717, 1.165) is 0 Å². The molecule has 1 unspecified atom stereocenters. The molecule has 1 atom stereocenters. The molecule has 2 heterocycles. The molecule has 1 aromatic rings. The predicted molar refractivity (Wildman–Crippen MR) is 72.9 cm³/mol. The number of nitrogens with one attached hydrogen (secondary N) is 2. The van der Waals surface area contributed by atoms with E-state index in [0.29, 0.717) is 24.3 Å². The van der Waals surface area contributed by atoms with Crippen LogP contribution < -0.4 is 15.4 Å². The first kappa shape index (κ1) is 13.4. The summed E-state index contributed by atoms with van der Waals surface area (Å²) in [5.74, 6) is 0.146. The molecule has 1 spiro atoms. The quantitative estimate of drug-likeness (QED) is 0.757. The molecule has 2 N–H and O–H groups in total. The van der Waals surface area contributed by atoms with Crippen molar-refractivity contribution < 1.29 is 19.1 Å². The molecule has 0 radical (unpaired) electrons. The van der Waals surface area contributed by atoms with Crippen molar-refractivity contribution in [3.8, 4) is 5.75 Å². The lowest BCUT2D eigenvalue weighted by molar-refractivity contribution is -0.123. The number of nitrogens with zero attached hydrogens (tertiary/aromatic N) is 1. The van der Waals surface area contributed by atoms with E-state index in [1.54, 1.807) is 36.3 Å². The number of ether oxygens (including phenoxy) is 1. The summed E-state index contributed by atoms with van der Waals surface area (Å²) in [7, 11) is 1.56. The van der Waals surface area contributed by atoms with Crippen LogP contribution >= 0.6 is 0 Å². The molecule has 1 aromatic carbocycles. The smallest absolute Gasteiger partial charge is 0.322 e. The van der Waals surface area contributed by atoms with Gasteiger partial charge in [0, 0.05) is 12.1 Å². The fraction of sp³-hybridized carbons (Fsp3) is 0.357. The van der Waals surface area contributed by atoms with Crippen molar-refractivity contribution >= 4 is 17.8 Å². The van der Waals surface area contributed by atoms with Crippen molar-refractivity contribution in [2.45, 2.75) is 12.0 Å². The standard InChI is InChI=1S/C14H15N3O4/c1-21-10-4-2-9(3-5-10)11(18)17-7-6-14(8-17)12(19)15-13(20)16-14/h2-5H,6-8H2,1H3,(H2,15,16,19,20). The van der Waals surface area contributed by atoms with Gasteiger partial charge in [0.25, 0.3) is 11.8 Å². The number of carbonyl (C=O) groups excluding carboxylic acids is 3. The SMILES string of the molecule is COc1ccc(C(=O)N2CCC3(C2)NC(=O)NC3=O)cc1. The summed E-state index contributed by atoms with van der Waals surface area (Å²) in [6.07, 6.45) is 0.423. The van der Waals surface area contributed by atoms with Crippen LogP contribution in [0.4, 0.5) is 4.79 Å². The number of amides is 4. The van der Waals surface area contributed by atoms with Crippen LogP contribution in [0.5, 0.6) is 5.75 Å². The van der Waals surface area contributed by atoms with Crippen LogP contribution in [0.3, 0.4) is 0 Å². The highest BCUT2D eigenvalue weighted by Gasteiger charge is 2.51. The molecule has 0 saturated carbocycles. The number of rotatable bonds is 2. The number of urea groups is 1. The molecule has 4 amide bonds. The summed E-state index contributed by atoms with van der Waals surface area (Å²) in [5, 5.41) is 4.84. The van der Waals surface area contributed by atoms with Gasteiger partial charge in [0.1, 0.15) is 11.3 Å². The van der Waals surface area contributed by atoms with Gasteiger partial charge < -0.3 is 15.0 Å². The summed E-state index contributed by atoms with van der Waals surface area (Å²) in [6.45, 7) is 0.619. The molecular formula is C14H15N3O4. The Kier molecular flexibility index (Phi) is 3.04. The number of methoxy groups -OCH3 is 1. The maximum absolute atomic E-state index is 12.4. The van der Waals surface area contributed by atoms with Crippen LogP contribution in [-0.2, 0) is 4.79 Å². The maximum Gasteiger partial charge on any atom is 0.322 e. The highest BCUT2D eigenvalue weighted by molar-refractivity contribution is 6.08. The van der Waals surface area contributed by atoms with Crippen molar-refractivity contribution in [1.29, 1.82) is 0 Å². The minimum absolute atomic E-state index is 0.163. The summed E-state index contributed by atoms with van der Waals surface area (Å²) < 4.78 is 5.05. The van der Waals surface area contributed by atoms with Crippen LogP contribution in [-0.4, -0.2) is 48.5 Å². The monoisotopic (exact) mass is 289 g/mol. The zero-order chi connectivity index (χ0) is 15.0. The Morgan fingerprint density at radius 3 is 2.57 bits per heavy atom. The Hall–Kier alpha value is -2.57. The zero-order valence-corrected chi connectivity index (χ0v) is 11.5. The molecule has 2 fully saturated rings. The number of benzene rings is 1. The average Bonchev–Trinajstić information content (AvgIpc) is 3.03. The van der Waals surface area contributed by atoms with Crippen LogP contribution in [0.15, 0.2) is 24.3 Å². The second-order valence-corrected chi connectivity index (χ2v) is 5.20. The van der Waals surface area contributed by atoms with Crippen LogP contribution in [0.1, 0.15) is 16.8 Å². The first-order valence-corrected chi connectivity index (χ1v) is 6.61. The summed E-state index contributed by atoms with van der Waals surface area (Å²) in [5.41, 5.74) is -0.447. The molecule has 110 valence electrons. The molecule has 0 aromatic heterocycles. The van der Waals surface area contributed by atoms with Gasteiger partial charge in [-0.15, -0.1) is 0 Å². The van der Waals surface area contributed by atoms with Crippen molar-refractivity contribution in [2.24, 2.45) is 0 Å². The Morgan fingerprint density at radius 1 is 1.29 bits per heavy atom. The fourth-order valence-corrected chi connectivity index (χ4v) is 2.71. The summed E-state index contributed by atoms with van der Waals surface area (Å²) in [4.78, 5) is 37.1. The third kappa shape index (κ3) is 2.20. The predicted octanol–water partition coefficient (Wildman–Crippen LogP) is 0.119. The fourth-order valence-electron chi connectivity index (χ4n) is 2.71. The van der Waals surface area contributed by atoms with Gasteiger partial charge in [-0.1, -0.05) is 0 Å². The van der Waals surface area contributed by atoms with Gasteiger partial charge in [-0.3, -0.25) is 14.9 Å². The lowest BCUT2D eigenvalue weighted by atomic mass is 9.99. The molecule has 7 heteroatoms. The molecule has 2 aliphatic rings. The van der Waals surface area contributed by atoms with E-state index in [-0.39, 0.29) is 18.4 Å². The molecule has 3 rings (SSSR count). The normalized spacial score (nSPS) is 24.1. The van der Waals surface area contributed by atoms with Crippen LogP contribution in [0.25, 0.3) is 0 Å². The largest absolute Gasteiger partial charge is 0.497 e. The van der Waals surface area contributed by atoms with E-state index >= 15 is 0 Å². The van der Waals surface area contributed by atoms with E-state index < -0.39 is 11.6 Å². The summed E-state index contributed by atoms with van der Waals surface area (Å²) in [6, 6.07) is 6.28. The highest BCUT2D eigenvalue weighted by atomic mass is 16.5. The number of likely N-dealkylation sites (tertiary alicyclic amines) is 1. The van der Waals surface area contributed by atoms with Gasteiger partial charge in [-0.05, 0) is 30.7 Å². The van der Waals surface area contributed by atoms with E-state index in [4.69, 9.17) is 4.74 Å². The molecule has 0 bridgehead atoms. The Morgan fingerprint density at radius 2 is 2.00 bits per heavy atom. The van der Waals surface area contributed by atoms with Gasteiger partial charge in [-0.2, -0.15) is 0 Å². The Labute approximate surface area is 121 Å². The van der Waals surface area contributed by atoms with Crippen molar-refractivity contribution in [1.82, 2.24) is 15.5 Å². The number of hydrogen-bond acceptors (Lipinski definition) is 4. The van der Waals surface area contributed by atoms with Gasteiger partial charge in [0.2, 0.25) is 0 Å². The minimum Gasteiger partial charge on any atom is -0.497 e. The molecule has 2 saturated heterocycles. The van der Waals surface area contributed by atoms with E-state index in [9.17, 15) is 14.4 Å². The zero-order valence-electron chi connectivity index (χ0n) is 11.5. The van der Waals surface area contributed by atoms with Crippen LogP contribution in [0.2, 0.25) is 0 Å². The lowest BCUT2D eigenvalue weighted by Crippen LogP contribution is -2.49. The molecular weight excluding hydrogens is 274 g/mol. The molecule has 7 nitrogen and oxygen atoms in total. The first-order chi connectivity index (χ1) is 10.0. The third-order valence-corrected chi connectivity index (χ3v) is 3.91. The van der Waals surface area contributed by atoms with Gasteiger partial charge in [0.15, 0.2) is 0 Å². The Bertz CT molecular complexity index is 613.